The lowest BCUT2D eigenvalue weighted by molar-refractivity contribution is 0.153. The molecule has 3 heterocycles. The monoisotopic (exact) mass is 285 g/mol. The minimum Gasteiger partial charge on any atom is -0.377 e. The van der Waals surface area contributed by atoms with E-state index in [0.717, 1.165) is 49.9 Å². The highest BCUT2D eigenvalue weighted by Gasteiger charge is 2.29. The Morgan fingerprint density at radius 2 is 2.24 bits per heavy atom. The van der Waals surface area contributed by atoms with Crippen molar-refractivity contribution in [3.63, 3.8) is 0 Å². The zero-order chi connectivity index (χ0) is 14.1. The van der Waals surface area contributed by atoms with Gasteiger partial charge in [0.1, 0.15) is 5.82 Å². The molecule has 0 amide bonds. The third-order valence-corrected chi connectivity index (χ3v) is 4.04. The van der Waals surface area contributed by atoms with Crippen molar-refractivity contribution in [2.75, 3.05) is 25.1 Å². The Hall–Kier alpha value is -1.95. The molecule has 0 unspecified atom stereocenters. The molecule has 0 bridgehead atoms. The number of rotatable bonds is 5. The Morgan fingerprint density at radius 1 is 1.29 bits per heavy atom. The molecule has 1 fully saturated rings. The second kappa shape index (κ2) is 5.44. The minimum atomic E-state index is 0.551. The molecule has 0 radical (unpaired) electrons. The summed E-state index contributed by atoms with van der Waals surface area (Å²) in [5.74, 6) is 2.44. The predicted octanol–water partition coefficient (Wildman–Crippen LogP) is 2.15. The molecule has 4 rings (SSSR count). The van der Waals surface area contributed by atoms with Crippen LogP contribution in [0.25, 0.3) is 5.65 Å². The molecule has 6 heteroatoms. The zero-order valence-electron chi connectivity index (χ0n) is 12.0. The van der Waals surface area contributed by atoms with Crippen molar-refractivity contribution in [2.45, 2.75) is 31.6 Å². The van der Waals surface area contributed by atoms with E-state index in [9.17, 15) is 0 Å². The van der Waals surface area contributed by atoms with Crippen LogP contribution in [0.1, 0.15) is 37.4 Å². The number of nitrogens with zero attached hydrogens (tertiary/aromatic N) is 4. The van der Waals surface area contributed by atoms with Gasteiger partial charge in [0.15, 0.2) is 11.5 Å². The van der Waals surface area contributed by atoms with Crippen LogP contribution in [0.15, 0.2) is 23.8 Å². The molecule has 2 aromatic rings. The van der Waals surface area contributed by atoms with Gasteiger partial charge in [-0.3, -0.25) is 0 Å². The highest BCUT2D eigenvalue weighted by atomic mass is 16.5. The quantitative estimate of drug-likeness (QED) is 0.853. The normalized spacial score (nSPS) is 18.8. The average Bonchev–Trinajstić information content (AvgIpc) is 3.28. The molecular weight excluding hydrogens is 266 g/mol. The Kier molecular flexibility index (Phi) is 3.31. The Balaban J connectivity index is 1.43. The van der Waals surface area contributed by atoms with Crippen molar-refractivity contribution in [2.24, 2.45) is 0 Å². The van der Waals surface area contributed by atoms with Crippen molar-refractivity contribution < 1.29 is 4.74 Å². The summed E-state index contributed by atoms with van der Waals surface area (Å²) in [4.78, 5) is 0. The van der Waals surface area contributed by atoms with Gasteiger partial charge in [-0.15, -0.1) is 15.3 Å². The van der Waals surface area contributed by atoms with E-state index in [-0.39, 0.29) is 0 Å². The smallest absolute Gasteiger partial charge is 0.178 e. The summed E-state index contributed by atoms with van der Waals surface area (Å²) in [7, 11) is 0. The van der Waals surface area contributed by atoms with Crippen molar-refractivity contribution in [1.29, 1.82) is 0 Å². The van der Waals surface area contributed by atoms with Gasteiger partial charge >= 0.3 is 0 Å². The van der Waals surface area contributed by atoms with Crippen LogP contribution < -0.4 is 5.32 Å². The van der Waals surface area contributed by atoms with Gasteiger partial charge in [0.05, 0.1) is 13.2 Å². The lowest BCUT2D eigenvalue weighted by Gasteiger charge is -2.13. The fourth-order valence-electron chi connectivity index (χ4n) is 2.64. The molecule has 0 aromatic carbocycles. The van der Waals surface area contributed by atoms with E-state index in [1.54, 1.807) is 0 Å². The van der Waals surface area contributed by atoms with Crippen LogP contribution in [0.2, 0.25) is 0 Å². The molecule has 1 aliphatic carbocycles. The van der Waals surface area contributed by atoms with Crippen LogP contribution in [-0.2, 0) is 4.74 Å². The van der Waals surface area contributed by atoms with Gasteiger partial charge in [0, 0.05) is 12.5 Å². The molecule has 0 saturated heterocycles. The van der Waals surface area contributed by atoms with Crippen molar-refractivity contribution >= 4 is 11.5 Å². The highest BCUT2D eigenvalue weighted by molar-refractivity contribution is 5.44. The van der Waals surface area contributed by atoms with Gasteiger partial charge in [0.2, 0.25) is 0 Å². The summed E-state index contributed by atoms with van der Waals surface area (Å²) < 4.78 is 7.20. The van der Waals surface area contributed by atoms with E-state index in [2.05, 4.69) is 26.7 Å². The molecule has 0 atom stereocenters. The van der Waals surface area contributed by atoms with Crippen LogP contribution in [-0.4, -0.2) is 39.6 Å². The molecule has 21 heavy (non-hydrogen) atoms. The largest absolute Gasteiger partial charge is 0.377 e. The van der Waals surface area contributed by atoms with Gasteiger partial charge < -0.3 is 10.1 Å². The molecule has 110 valence electrons. The molecule has 2 aromatic heterocycles. The molecule has 1 N–H and O–H groups in total. The van der Waals surface area contributed by atoms with Gasteiger partial charge in [-0.1, -0.05) is 11.6 Å². The first-order chi connectivity index (χ1) is 10.4. The maximum atomic E-state index is 5.32. The van der Waals surface area contributed by atoms with Gasteiger partial charge in [-0.2, -0.15) is 4.52 Å². The topological polar surface area (TPSA) is 64.3 Å². The number of fused-ring (bicyclic) bond motifs is 1. The molecule has 2 aliphatic rings. The third-order valence-electron chi connectivity index (χ3n) is 4.04. The van der Waals surface area contributed by atoms with E-state index >= 15 is 0 Å². The van der Waals surface area contributed by atoms with E-state index in [1.807, 2.05) is 16.6 Å². The fraction of sp³-hybridized carbons (Fsp3) is 0.533. The Morgan fingerprint density at radius 3 is 3.05 bits per heavy atom. The summed E-state index contributed by atoms with van der Waals surface area (Å²) in [5.41, 5.74) is 2.30. The van der Waals surface area contributed by atoms with Crippen LogP contribution in [0.5, 0.6) is 0 Å². The number of hydrogen-bond acceptors (Lipinski definition) is 5. The van der Waals surface area contributed by atoms with Gasteiger partial charge in [0.25, 0.3) is 0 Å². The second-order valence-corrected chi connectivity index (χ2v) is 5.69. The summed E-state index contributed by atoms with van der Waals surface area (Å²) in [6.07, 6.45) is 6.69. The van der Waals surface area contributed by atoms with E-state index in [4.69, 9.17) is 4.74 Å². The summed E-state index contributed by atoms with van der Waals surface area (Å²) in [5, 5.41) is 16.4. The van der Waals surface area contributed by atoms with Crippen molar-refractivity contribution in [3.8, 4) is 0 Å². The molecule has 1 aliphatic heterocycles. The average molecular weight is 285 g/mol. The lowest BCUT2D eigenvalue weighted by Crippen LogP contribution is -2.10. The number of ether oxygens (including phenoxy) is 1. The first-order valence-corrected chi connectivity index (χ1v) is 7.62. The fourth-order valence-corrected chi connectivity index (χ4v) is 2.64. The minimum absolute atomic E-state index is 0.551. The third kappa shape index (κ3) is 2.76. The second-order valence-electron chi connectivity index (χ2n) is 5.69. The Bertz CT molecular complexity index is 674. The number of nitrogens with one attached hydrogen (secondary N) is 1. The SMILES string of the molecule is C1=C(CCNc2ccc3nnc(C4CC4)n3n2)CCOC1. The van der Waals surface area contributed by atoms with Crippen LogP contribution in [0.4, 0.5) is 5.82 Å². The van der Waals surface area contributed by atoms with Gasteiger partial charge in [-0.25, -0.2) is 0 Å². The maximum Gasteiger partial charge on any atom is 0.178 e. The first-order valence-electron chi connectivity index (χ1n) is 7.62. The number of aromatic nitrogens is 4. The van der Waals surface area contributed by atoms with E-state index < -0.39 is 0 Å². The van der Waals surface area contributed by atoms with Crippen molar-refractivity contribution in [3.05, 3.63) is 29.6 Å². The van der Waals surface area contributed by atoms with E-state index in [1.165, 1.54) is 18.4 Å². The van der Waals surface area contributed by atoms with Crippen LogP contribution in [0.3, 0.4) is 0 Å². The van der Waals surface area contributed by atoms with E-state index in [0.29, 0.717) is 5.92 Å². The number of anilines is 1. The maximum absolute atomic E-state index is 5.32. The van der Waals surface area contributed by atoms with Gasteiger partial charge in [-0.05, 0) is 37.8 Å². The highest BCUT2D eigenvalue weighted by Crippen LogP contribution is 2.38. The zero-order valence-corrected chi connectivity index (χ0v) is 12.0. The molecule has 0 spiro atoms. The molecule has 1 saturated carbocycles. The van der Waals surface area contributed by atoms with Crippen molar-refractivity contribution in [1.82, 2.24) is 19.8 Å². The number of hydrogen-bond donors (Lipinski definition) is 1. The first kappa shape index (κ1) is 12.8. The lowest BCUT2D eigenvalue weighted by atomic mass is 10.1. The standard InChI is InChI=1S/C15H19N5O/c1-2-12(1)15-18-17-14-4-3-13(19-20(14)15)16-8-5-11-6-9-21-10-7-11/h3-4,6,12H,1-2,5,7-10H2,(H,16,19). The Labute approximate surface area is 123 Å². The predicted molar refractivity (Wildman–Crippen MR) is 79.4 cm³/mol. The summed E-state index contributed by atoms with van der Waals surface area (Å²) >= 11 is 0. The molecule has 6 nitrogen and oxygen atoms in total. The summed E-state index contributed by atoms with van der Waals surface area (Å²) in [6.45, 7) is 2.50. The molecular formula is C15H19N5O. The summed E-state index contributed by atoms with van der Waals surface area (Å²) in [6, 6.07) is 3.95. The van der Waals surface area contributed by atoms with Crippen LogP contribution in [0, 0.1) is 0 Å². The van der Waals surface area contributed by atoms with Crippen LogP contribution >= 0.6 is 0 Å².